The summed E-state index contributed by atoms with van der Waals surface area (Å²) in [4.78, 5) is 2.21. The molecule has 0 aromatic carbocycles. The molecule has 1 fully saturated rings. The first-order chi connectivity index (χ1) is 8.94. The Balaban J connectivity index is 2.19. The van der Waals surface area contributed by atoms with Crippen molar-refractivity contribution in [3.63, 3.8) is 0 Å². The van der Waals surface area contributed by atoms with Crippen LogP contribution >= 0.6 is 11.3 Å². The molecule has 2 rings (SSSR count). The van der Waals surface area contributed by atoms with E-state index in [1.54, 1.807) is 6.07 Å². The van der Waals surface area contributed by atoms with Crippen LogP contribution in [0.15, 0.2) is 11.0 Å². The van der Waals surface area contributed by atoms with Crippen LogP contribution in [0.3, 0.4) is 0 Å². The highest BCUT2D eigenvalue weighted by atomic mass is 32.2. The molecule has 2 N–H and O–H groups in total. The first kappa shape index (κ1) is 15.0. The molecule has 0 aliphatic heterocycles. The van der Waals surface area contributed by atoms with Crippen LogP contribution < -0.4 is 4.72 Å². The van der Waals surface area contributed by atoms with Crippen molar-refractivity contribution in [3.05, 3.63) is 15.8 Å². The summed E-state index contributed by atoms with van der Waals surface area (Å²) in [6, 6.07) is 1.59. The molecule has 0 spiro atoms. The zero-order chi connectivity index (χ0) is 14.0. The van der Waals surface area contributed by atoms with Gasteiger partial charge in [-0.2, -0.15) is 0 Å². The fourth-order valence-corrected chi connectivity index (χ4v) is 5.61. The Bertz CT molecular complexity index is 536. The molecule has 4 nitrogen and oxygen atoms in total. The summed E-state index contributed by atoms with van der Waals surface area (Å²) in [5.41, 5.74) is 0. The van der Waals surface area contributed by atoms with Crippen LogP contribution in [0.2, 0.25) is 0 Å². The summed E-state index contributed by atoms with van der Waals surface area (Å²) in [7, 11) is -3.46. The standard InChI is InChI=1S/C13H21NO3S2/c1-9-7-13(10(2)18-9)19(16,17)14-12-6-4-3-5-11(12)8-15/h7,11-12,14-15H,3-6,8H2,1-2H3. The largest absolute Gasteiger partial charge is 0.396 e. The molecular formula is C13H21NO3S2. The van der Waals surface area contributed by atoms with E-state index in [0.29, 0.717) is 4.90 Å². The maximum absolute atomic E-state index is 12.4. The number of nitrogens with one attached hydrogen (secondary N) is 1. The molecule has 1 aliphatic rings. The predicted molar refractivity (Wildman–Crippen MR) is 76.9 cm³/mol. The first-order valence-electron chi connectivity index (χ1n) is 6.64. The maximum atomic E-state index is 12.4. The van der Waals surface area contributed by atoms with Crippen molar-refractivity contribution in [2.45, 2.75) is 50.5 Å². The van der Waals surface area contributed by atoms with Gasteiger partial charge in [0.05, 0.1) is 4.90 Å². The molecule has 1 aromatic rings. The van der Waals surface area contributed by atoms with Gasteiger partial charge in [-0.3, -0.25) is 0 Å². The Morgan fingerprint density at radius 1 is 1.37 bits per heavy atom. The third-order valence-corrected chi connectivity index (χ3v) is 6.45. The second-order valence-corrected chi connectivity index (χ2v) is 8.38. The molecule has 0 bridgehead atoms. The average Bonchev–Trinajstić information content (AvgIpc) is 2.69. The van der Waals surface area contributed by atoms with Gasteiger partial charge in [-0.1, -0.05) is 12.8 Å². The van der Waals surface area contributed by atoms with Gasteiger partial charge in [-0.15, -0.1) is 11.3 Å². The lowest BCUT2D eigenvalue weighted by Gasteiger charge is -2.30. The minimum absolute atomic E-state index is 0.0450. The van der Waals surface area contributed by atoms with Gasteiger partial charge in [-0.25, -0.2) is 13.1 Å². The molecule has 0 amide bonds. The number of aliphatic hydroxyl groups is 1. The lowest BCUT2D eigenvalue weighted by molar-refractivity contribution is 0.164. The molecular weight excluding hydrogens is 282 g/mol. The normalized spacial score (nSPS) is 24.6. The van der Waals surface area contributed by atoms with Crippen molar-refractivity contribution < 1.29 is 13.5 Å². The van der Waals surface area contributed by atoms with E-state index in [2.05, 4.69) is 4.72 Å². The van der Waals surface area contributed by atoms with Crippen molar-refractivity contribution in [2.75, 3.05) is 6.61 Å². The number of hydrogen-bond acceptors (Lipinski definition) is 4. The van der Waals surface area contributed by atoms with Crippen LogP contribution in [0.4, 0.5) is 0 Å². The van der Waals surface area contributed by atoms with E-state index in [0.717, 1.165) is 35.4 Å². The minimum Gasteiger partial charge on any atom is -0.396 e. The number of aryl methyl sites for hydroxylation is 2. The Kier molecular flexibility index (Phi) is 4.66. The van der Waals surface area contributed by atoms with Crippen LogP contribution in [0.5, 0.6) is 0 Å². The zero-order valence-electron chi connectivity index (χ0n) is 11.3. The van der Waals surface area contributed by atoms with Gasteiger partial charge in [0.25, 0.3) is 0 Å². The summed E-state index contributed by atoms with van der Waals surface area (Å²) in [5.74, 6) is 0.0450. The van der Waals surface area contributed by atoms with Gasteiger partial charge in [0, 0.05) is 22.4 Å². The van der Waals surface area contributed by atoms with Gasteiger partial charge < -0.3 is 5.11 Å². The monoisotopic (exact) mass is 303 g/mol. The molecule has 0 radical (unpaired) electrons. The fraction of sp³-hybridized carbons (Fsp3) is 0.692. The molecule has 2 atom stereocenters. The number of sulfonamides is 1. The first-order valence-corrected chi connectivity index (χ1v) is 8.94. The number of hydrogen-bond donors (Lipinski definition) is 2. The fourth-order valence-electron chi connectivity index (χ4n) is 2.72. The summed E-state index contributed by atoms with van der Waals surface area (Å²) in [5, 5.41) is 9.35. The third kappa shape index (κ3) is 3.37. The van der Waals surface area contributed by atoms with Crippen molar-refractivity contribution in [1.82, 2.24) is 4.72 Å². The molecule has 2 unspecified atom stereocenters. The van der Waals surface area contributed by atoms with Crippen LogP contribution in [-0.4, -0.2) is 26.2 Å². The van der Waals surface area contributed by atoms with Crippen LogP contribution in [0.1, 0.15) is 35.4 Å². The van der Waals surface area contributed by atoms with E-state index >= 15 is 0 Å². The molecule has 1 heterocycles. The molecule has 6 heteroatoms. The Morgan fingerprint density at radius 3 is 2.63 bits per heavy atom. The van der Waals surface area contributed by atoms with Gasteiger partial charge in [0.1, 0.15) is 0 Å². The number of thiophene rings is 1. The summed E-state index contributed by atoms with van der Waals surface area (Å²) >= 11 is 1.50. The molecule has 1 aliphatic carbocycles. The molecule has 1 aromatic heterocycles. The van der Waals surface area contributed by atoms with Crippen LogP contribution in [0.25, 0.3) is 0 Å². The molecule has 1 saturated carbocycles. The third-order valence-electron chi connectivity index (χ3n) is 3.74. The number of rotatable bonds is 4. The van der Waals surface area contributed by atoms with E-state index in [1.807, 2.05) is 13.8 Å². The van der Waals surface area contributed by atoms with Crippen molar-refractivity contribution >= 4 is 21.4 Å². The van der Waals surface area contributed by atoms with Gasteiger partial charge in [0.15, 0.2) is 0 Å². The van der Waals surface area contributed by atoms with Crippen LogP contribution in [-0.2, 0) is 10.0 Å². The van der Waals surface area contributed by atoms with E-state index in [1.165, 1.54) is 11.3 Å². The van der Waals surface area contributed by atoms with E-state index in [9.17, 15) is 13.5 Å². The van der Waals surface area contributed by atoms with Crippen molar-refractivity contribution in [3.8, 4) is 0 Å². The summed E-state index contributed by atoms with van der Waals surface area (Å²) in [6.45, 7) is 3.79. The van der Waals surface area contributed by atoms with Crippen molar-refractivity contribution in [1.29, 1.82) is 0 Å². The summed E-state index contributed by atoms with van der Waals surface area (Å²) in [6.07, 6.45) is 3.79. The zero-order valence-corrected chi connectivity index (χ0v) is 13.0. The average molecular weight is 303 g/mol. The topological polar surface area (TPSA) is 66.4 Å². The Morgan fingerprint density at radius 2 is 2.05 bits per heavy atom. The maximum Gasteiger partial charge on any atom is 0.241 e. The Hall–Kier alpha value is -0.430. The quantitative estimate of drug-likeness (QED) is 0.896. The van der Waals surface area contributed by atoms with E-state index in [4.69, 9.17) is 0 Å². The highest BCUT2D eigenvalue weighted by Crippen LogP contribution is 2.28. The summed E-state index contributed by atoms with van der Waals surface area (Å²) < 4.78 is 27.6. The highest BCUT2D eigenvalue weighted by molar-refractivity contribution is 7.89. The van der Waals surface area contributed by atoms with Gasteiger partial charge in [0.2, 0.25) is 10.0 Å². The van der Waals surface area contributed by atoms with Gasteiger partial charge in [-0.05, 0) is 38.7 Å². The molecule has 19 heavy (non-hydrogen) atoms. The van der Waals surface area contributed by atoms with Gasteiger partial charge >= 0.3 is 0 Å². The number of aliphatic hydroxyl groups excluding tert-OH is 1. The highest BCUT2D eigenvalue weighted by Gasteiger charge is 2.30. The predicted octanol–water partition coefficient (Wildman–Crippen LogP) is 2.19. The molecule has 0 saturated heterocycles. The smallest absolute Gasteiger partial charge is 0.241 e. The van der Waals surface area contributed by atoms with E-state index < -0.39 is 10.0 Å². The second-order valence-electron chi connectivity index (χ2n) is 5.23. The van der Waals surface area contributed by atoms with Crippen molar-refractivity contribution in [2.24, 2.45) is 5.92 Å². The van der Waals surface area contributed by atoms with E-state index in [-0.39, 0.29) is 18.6 Å². The Labute approximate surface area is 118 Å². The minimum atomic E-state index is -3.46. The second kappa shape index (κ2) is 5.91. The van der Waals surface area contributed by atoms with Crippen LogP contribution in [0, 0.1) is 19.8 Å². The SMILES string of the molecule is Cc1cc(S(=O)(=O)NC2CCCCC2CO)c(C)s1. The lowest BCUT2D eigenvalue weighted by Crippen LogP contribution is -2.43. The lowest BCUT2D eigenvalue weighted by atomic mass is 9.86. The molecule has 108 valence electrons.